The van der Waals surface area contributed by atoms with Gasteiger partial charge in [0.15, 0.2) is 0 Å². The Morgan fingerprint density at radius 1 is 0.842 bits per heavy atom. The molecule has 0 saturated heterocycles. The van der Waals surface area contributed by atoms with Crippen LogP contribution in [0.2, 0.25) is 0 Å². The summed E-state index contributed by atoms with van der Waals surface area (Å²) in [7, 11) is 1.38. The van der Waals surface area contributed by atoms with Crippen LogP contribution in [0.25, 0.3) is 0 Å². The van der Waals surface area contributed by atoms with Crippen molar-refractivity contribution < 1.29 is 14.3 Å². The SMILES string of the molecule is COC(=O)COCCCCCCCCCCCCBr. The maximum absolute atomic E-state index is 10.8. The minimum atomic E-state index is -0.292. The van der Waals surface area contributed by atoms with Gasteiger partial charge in [0, 0.05) is 11.9 Å². The van der Waals surface area contributed by atoms with Gasteiger partial charge in [-0.25, -0.2) is 4.79 Å². The van der Waals surface area contributed by atoms with Crippen LogP contribution in [-0.2, 0) is 14.3 Å². The average Bonchev–Trinajstić information content (AvgIpc) is 2.43. The van der Waals surface area contributed by atoms with Crippen molar-refractivity contribution in [1.29, 1.82) is 0 Å². The van der Waals surface area contributed by atoms with E-state index in [1.165, 1.54) is 64.9 Å². The summed E-state index contributed by atoms with van der Waals surface area (Å²) >= 11 is 3.45. The lowest BCUT2D eigenvalue weighted by Crippen LogP contribution is -2.10. The molecule has 19 heavy (non-hydrogen) atoms. The number of halogens is 1. The second-order valence-corrected chi connectivity index (χ2v) is 5.65. The van der Waals surface area contributed by atoms with Gasteiger partial charge in [-0.3, -0.25) is 0 Å². The molecule has 0 saturated carbocycles. The molecule has 0 rings (SSSR count). The van der Waals surface area contributed by atoms with Crippen LogP contribution in [0.3, 0.4) is 0 Å². The number of ether oxygens (including phenoxy) is 2. The smallest absolute Gasteiger partial charge is 0.331 e. The molecule has 0 heterocycles. The number of methoxy groups -OCH3 is 1. The highest BCUT2D eigenvalue weighted by molar-refractivity contribution is 9.09. The molecule has 0 atom stereocenters. The van der Waals surface area contributed by atoms with Crippen LogP contribution >= 0.6 is 15.9 Å². The van der Waals surface area contributed by atoms with Crippen molar-refractivity contribution >= 4 is 21.9 Å². The number of alkyl halides is 1. The summed E-state index contributed by atoms with van der Waals surface area (Å²) in [4.78, 5) is 10.8. The van der Waals surface area contributed by atoms with Crippen LogP contribution in [0, 0.1) is 0 Å². The van der Waals surface area contributed by atoms with Crippen LogP contribution in [0.4, 0.5) is 0 Å². The molecule has 0 N–H and O–H groups in total. The molecular weight excluding hydrogens is 308 g/mol. The Hall–Kier alpha value is -0.0900. The number of hydrogen-bond acceptors (Lipinski definition) is 3. The van der Waals surface area contributed by atoms with Gasteiger partial charge < -0.3 is 9.47 Å². The first-order valence-electron chi connectivity index (χ1n) is 7.51. The Kier molecular flexibility index (Phi) is 15.9. The van der Waals surface area contributed by atoms with Gasteiger partial charge in [0.05, 0.1) is 7.11 Å². The lowest BCUT2D eigenvalue weighted by molar-refractivity contribution is -0.145. The first-order chi connectivity index (χ1) is 9.31. The number of carbonyl (C=O) groups is 1. The Morgan fingerprint density at radius 3 is 1.79 bits per heavy atom. The first kappa shape index (κ1) is 18.9. The Bertz CT molecular complexity index is 198. The van der Waals surface area contributed by atoms with Gasteiger partial charge in [-0.2, -0.15) is 0 Å². The quantitative estimate of drug-likeness (QED) is 0.266. The third kappa shape index (κ3) is 15.9. The molecule has 0 aromatic rings. The van der Waals surface area contributed by atoms with E-state index >= 15 is 0 Å². The fraction of sp³-hybridized carbons (Fsp3) is 0.933. The van der Waals surface area contributed by atoms with Crippen LogP contribution < -0.4 is 0 Å². The molecule has 0 fully saturated rings. The Balaban J connectivity index is 2.97. The molecule has 0 aromatic carbocycles. The number of unbranched alkanes of at least 4 members (excludes halogenated alkanes) is 9. The summed E-state index contributed by atoms with van der Waals surface area (Å²) in [6.45, 7) is 0.756. The highest BCUT2D eigenvalue weighted by atomic mass is 79.9. The minimum absolute atomic E-state index is 0.0882. The summed E-state index contributed by atoms with van der Waals surface area (Å²) in [6, 6.07) is 0. The number of esters is 1. The van der Waals surface area contributed by atoms with Crippen LogP contribution in [-0.4, -0.2) is 31.6 Å². The van der Waals surface area contributed by atoms with Gasteiger partial charge in [0.2, 0.25) is 0 Å². The molecule has 114 valence electrons. The zero-order valence-electron chi connectivity index (χ0n) is 12.3. The molecule has 0 aliphatic carbocycles. The molecule has 0 bridgehead atoms. The highest BCUT2D eigenvalue weighted by Crippen LogP contribution is 2.11. The molecule has 0 unspecified atom stereocenters. The van der Waals surface area contributed by atoms with Gasteiger partial charge in [-0.1, -0.05) is 67.3 Å². The predicted octanol–water partition coefficient (Wildman–Crippen LogP) is 4.47. The van der Waals surface area contributed by atoms with E-state index in [0.29, 0.717) is 6.61 Å². The molecule has 3 nitrogen and oxygen atoms in total. The third-order valence-electron chi connectivity index (χ3n) is 3.12. The van der Waals surface area contributed by atoms with Crippen molar-refractivity contribution in [3.63, 3.8) is 0 Å². The summed E-state index contributed by atoms with van der Waals surface area (Å²) in [5, 5.41) is 1.14. The second kappa shape index (κ2) is 16.0. The van der Waals surface area contributed by atoms with Crippen LogP contribution in [0.15, 0.2) is 0 Å². The van der Waals surface area contributed by atoms with E-state index in [1.54, 1.807) is 0 Å². The van der Waals surface area contributed by atoms with Crippen molar-refractivity contribution in [1.82, 2.24) is 0 Å². The van der Waals surface area contributed by atoms with E-state index in [4.69, 9.17) is 4.74 Å². The van der Waals surface area contributed by atoms with Gasteiger partial charge in [-0.05, 0) is 12.8 Å². The van der Waals surface area contributed by atoms with Gasteiger partial charge in [-0.15, -0.1) is 0 Å². The minimum Gasteiger partial charge on any atom is -0.467 e. The molecule has 0 radical (unpaired) electrons. The Morgan fingerprint density at radius 2 is 1.32 bits per heavy atom. The third-order valence-corrected chi connectivity index (χ3v) is 3.68. The van der Waals surface area contributed by atoms with Crippen LogP contribution in [0.5, 0.6) is 0 Å². The van der Waals surface area contributed by atoms with E-state index < -0.39 is 0 Å². The fourth-order valence-electron chi connectivity index (χ4n) is 1.93. The zero-order chi connectivity index (χ0) is 14.2. The fourth-order valence-corrected chi connectivity index (χ4v) is 2.32. The van der Waals surface area contributed by atoms with E-state index in [9.17, 15) is 4.79 Å². The largest absolute Gasteiger partial charge is 0.467 e. The number of rotatable bonds is 14. The Labute approximate surface area is 126 Å². The molecule has 0 spiro atoms. The van der Waals surface area contributed by atoms with E-state index in [-0.39, 0.29) is 12.6 Å². The summed E-state index contributed by atoms with van der Waals surface area (Å²) in [5.41, 5.74) is 0. The number of hydrogen-bond donors (Lipinski definition) is 0. The van der Waals surface area contributed by atoms with Gasteiger partial charge in [0.1, 0.15) is 6.61 Å². The maximum Gasteiger partial charge on any atom is 0.331 e. The summed E-state index contributed by atoms with van der Waals surface area (Å²) in [6.07, 6.45) is 13.0. The van der Waals surface area contributed by atoms with Gasteiger partial charge in [0.25, 0.3) is 0 Å². The van der Waals surface area contributed by atoms with Crippen LogP contribution in [0.1, 0.15) is 64.2 Å². The van der Waals surface area contributed by atoms with E-state index in [2.05, 4.69) is 20.7 Å². The molecule has 0 amide bonds. The molecule has 0 aromatic heterocycles. The van der Waals surface area contributed by atoms with Crippen molar-refractivity contribution in [2.75, 3.05) is 25.7 Å². The molecule has 4 heteroatoms. The predicted molar refractivity (Wildman–Crippen MR) is 82.8 cm³/mol. The topological polar surface area (TPSA) is 35.5 Å². The van der Waals surface area contributed by atoms with E-state index in [1.807, 2.05) is 0 Å². The molecule has 0 aliphatic rings. The highest BCUT2D eigenvalue weighted by Gasteiger charge is 1.98. The summed E-state index contributed by atoms with van der Waals surface area (Å²) < 4.78 is 9.68. The normalized spacial score (nSPS) is 10.6. The number of carbonyl (C=O) groups excluding carboxylic acids is 1. The lowest BCUT2D eigenvalue weighted by atomic mass is 10.1. The van der Waals surface area contributed by atoms with Crippen molar-refractivity contribution in [3.8, 4) is 0 Å². The zero-order valence-corrected chi connectivity index (χ0v) is 13.9. The monoisotopic (exact) mass is 336 g/mol. The molecule has 0 aliphatic heterocycles. The standard InChI is InChI=1S/C15H29BrO3/c1-18-15(17)14-19-13-11-9-7-5-3-2-4-6-8-10-12-16/h2-14H2,1H3. The van der Waals surface area contributed by atoms with Crippen molar-refractivity contribution in [2.24, 2.45) is 0 Å². The van der Waals surface area contributed by atoms with Crippen molar-refractivity contribution in [2.45, 2.75) is 64.2 Å². The van der Waals surface area contributed by atoms with E-state index in [0.717, 1.165) is 11.8 Å². The summed E-state index contributed by atoms with van der Waals surface area (Å²) in [5.74, 6) is -0.292. The second-order valence-electron chi connectivity index (χ2n) is 4.85. The molecular formula is C15H29BrO3. The van der Waals surface area contributed by atoms with Crippen molar-refractivity contribution in [3.05, 3.63) is 0 Å². The average molecular weight is 337 g/mol. The van der Waals surface area contributed by atoms with Gasteiger partial charge >= 0.3 is 5.97 Å². The first-order valence-corrected chi connectivity index (χ1v) is 8.64. The maximum atomic E-state index is 10.8. The lowest BCUT2D eigenvalue weighted by Gasteiger charge is -2.03.